The second-order valence-electron chi connectivity index (χ2n) is 14.1. The van der Waals surface area contributed by atoms with Gasteiger partial charge in [0, 0.05) is 16.8 Å². The molecule has 10 rings (SSSR count). The lowest BCUT2D eigenvalue weighted by Gasteiger charge is -2.28. The summed E-state index contributed by atoms with van der Waals surface area (Å²) in [6.45, 7) is 0. The molecule has 0 atom stereocenters. The highest BCUT2D eigenvalue weighted by Gasteiger charge is 2.19. The van der Waals surface area contributed by atoms with E-state index in [0.717, 1.165) is 17.1 Å². The quantitative estimate of drug-likeness (QED) is 0.160. The predicted molar refractivity (Wildman–Crippen MR) is 235 cm³/mol. The standard InChI is InChI=1S/C54H37N/c1-3-13-38(14-4-1)40-27-31-48(32-28-40)55(53-37-47(36-46-19-9-10-22-50(46)53)45-26-25-39-15-7-8-18-44(39)35-45)49-33-29-42(30-34-49)52-24-12-21-43-20-11-23-51(54(43)52)41-16-5-2-6-17-41/h1-37H. The fraction of sp³-hybridized carbons (Fsp3) is 0. The average molecular weight is 700 g/mol. The van der Waals surface area contributed by atoms with Crippen LogP contribution in [0.5, 0.6) is 0 Å². The summed E-state index contributed by atoms with van der Waals surface area (Å²) in [5.74, 6) is 0. The summed E-state index contributed by atoms with van der Waals surface area (Å²) in [6.07, 6.45) is 0. The number of benzene rings is 10. The lowest BCUT2D eigenvalue weighted by molar-refractivity contribution is 1.30. The molecule has 0 saturated carbocycles. The average Bonchev–Trinajstić information content (AvgIpc) is 3.27. The van der Waals surface area contributed by atoms with Crippen LogP contribution in [0.1, 0.15) is 0 Å². The summed E-state index contributed by atoms with van der Waals surface area (Å²) in [5, 5.41) is 7.39. The third-order valence-electron chi connectivity index (χ3n) is 10.8. The molecule has 0 N–H and O–H groups in total. The molecule has 55 heavy (non-hydrogen) atoms. The molecule has 0 aliphatic carbocycles. The highest BCUT2D eigenvalue weighted by molar-refractivity contribution is 6.07. The molecular formula is C54H37N. The summed E-state index contributed by atoms with van der Waals surface area (Å²) < 4.78 is 0. The molecule has 10 aromatic carbocycles. The first kappa shape index (κ1) is 32.4. The highest BCUT2D eigenvalue weighted by Crippen LogP contribution is 2.44. The van der Waals surface area contributed by atoms with E-state index < -0.39 is 0 Å². The van der Waals surface area contributed by atoms with Gasteiger partial charge in [-0.15, -0.1) is 0 Å². The van der Waals surface area contributed by atoms with Gasteiger partial charge in [-0.25, -0.2) is 0 Å². The molecule has 258 valence electrons. The molecule has 0 radical (unpaired) electrons. The minimum Gasteiger partial charge on any atom is -0.310 e. The van der Waals surface area contributed by atoms with Crippen molar-refractivity contribution in [3.05, 3.63) is 224 Å². The lowest BCUT2D eigenvalue weighted by atomic mass is 9.91. The van der Waals surface area contributed by atoms with Gasteiger partial charge < -0.3 is 4.90 Å². The number of nitrogens with zero attached hydrogens (tertiary/aromatic N) is 1. The fourth-order valence-corrected chi connectivity index (χ4v) is 8.10. The van der Waals surface area contributed by atoms with E-state index in [4.69, 9.17) is 0 Å². The first-order valence-electron chi connectivity index (χ1n) is 18.9. The Morgan fingerprint density at radius 1 is 0.255 bits per heavy atom. The van der Waals surface area contributed by atoms with Crippen molar-refractivity contribution in [1.29, 1.82) is 0 Å². The number of hydrogen-bond acceptors (Lipinski definition) is 1. The van der Waals surface area contributed by atoms with Crippen LogP contribution in [-0.4, -0.2) is 0 Å². The van der Waals surface area contributed by atoms with E-state index in [1.807, 2.05) is 0 Å². The second-order valence-corrected chi connectivity index (χ2v) is 14.1. The summed E-state index contributed by atoms with van der Waals surface area (Å²) >= 11 is 0. The second kappa shape index (κ2) is 14.0. The van der Waals surface area contributed by atoms with Gasteiger partial charge in [0.25, 0.3) is 0 Å². The van der Waals surface area contributed by atoms with Gasteiger partial charge >= 0.3 is 0 Å². The molecule has 0 bridgehead atoms. The highest BCUT2D eigenvalue weighted by atomic mass is 15.1. The van der Waals surface area contributed by atoms with Crippen molar-refractivity contribution in [2.24, 2.45) is 0 Å². The lowest BCUT2D eigenvalue weighted by Crippen LogP contribution is -2.10. The maximum Gasteiger partial charge on any atom is 0.0546 e. The normalized spacial score (nSPS) is 11.3. The van der Waals surface area contributed by atoms with Crippen molar-refractivity contribution in [3.63, 3.8) is 0 Å². The first-order chi connectivity index (χ1) is 27.3. The largest absolute Gasteiger partial charge is 0.310 e. The van der Waals surface area contributed by atoms with Crippen molar-refractivity contribution >= 4 is 49.4 Å². The van der Waals surface area contributed by atoms with E-state index in [2.05, 4.69) is 229 Å². The Morgan fingerprint density at radius 2 is 0.727 bits per heavy atom. The van der Waals surface area contributed by atoms with Gasteiger partial charge in [-0.2, -0.15) is 0 Å². The summed E-state index contributed by atoms with van der Waals surface area (Å²) in [5.41, 5.74) is 13.0. The molecule has 0 spiro atoms. The number of fused-ring (bicyclic) bond motifs is 3. The smallest absolute Gasteiger partial charge is 0.0546 e. The number of hydrogen-bond donors (Lipinski definition) is 0. The molecule has 10 aromatic rings. The molecule has 0 aliphatic heterocycles. The van der Waals surface area contributed by atoms with E-state index in [0.29, 0.717) is 0 Å². The van der Waals surface area contributed by atoms with Crippen molar-refractivity contribution in [2.75, 3.05) is 4.90 Å². The van der Waals surface area contributed by atoms with E-state index in [9.17, 15) is 0 Å². The van der Waals surface area contributed by atoms with Crippen molar-refractivity contribution < 1.29 is 0 Å². The fourth-order valence-electron chi connectivity index (χ4n) is 8.10. The van der Waals surface area contributed by atoms with Gasteiger partial charge in [0.1, 0.15) is 0 Å². The van der Waals surface area contributed by atoms with E-state index in [1.54, 1.807) is 0 Å². The van der Waals surface area contributed by atoms with E-state index in [1.165, 1.54) is 76.8 Å². The summed E-state index contributed by atoms with van der Waals surface area (Å²) in [4.78, 5) is 2.42. The van der Waals surface area contributed by atoms with Crippen LogP contribution in [0, 0.1) is 0 Å². The maximum atomic E-state index is 2.42. The molecule has 0 fully saturated rings. The minimum absolute atomic E-state index is 1.10. The van der Waals surface area contributed by atoms with Gasteiger partial charge in [-0.05, 0) is 114 Å². The molecule has 0 amide bonds. The van der Waals surface area contributed by atoms with Gasteiger partial charge in [0.05, 0.1) is 5.69 Å². The molecule has 1 heteroatoms. The van der Waals surface area contributed by atoms with Crippen LogP contribution in [0.2, 0.25) is 0 Å². The van der Waals surface area contributed by atoms with E-state index >= 15 is 0 Å². The van der Waals surface area contributed by atoms with Crippen molar-refractivity contribution in [3.8, 4) is 44.5 Å². The minimum atomic E-state index is 1.10. The van der Waals surface area contributed by atoms with Crippen LogP contribution in [0.4, 0.5) is 17.1 Å². The van der Waals surface area contributed by atoms with Crippen LogP contribution >= 0.6 is 0 Å². The van der Waals surface area contributed by atoms with Gasteiger partial charge in [0.15, 0.2) is 0 Å². The van der Waals surface area contributed by atoms with Gasteiger partial charge in [-0.3, -0.25) is 0 Å². The Balaban J connectivity index is 1.14. The Labute approximate surface area is 322 Å². The summed E-state index contributed by atoms with van der Waals surface area (Å²) in [6, 6.07) is 81.5. The molecular weight excluding hydrogens is 663 g/mol. The summed E-state index contributed by atoms with van der Waals surface area (Å²) in [7, 11) is 0. The molecule has 0 unspecified atom stereocenters. The zero-order chi connectivity index (χ0) is 36.6. The molecule has 1 nitrogen and oxygen atoms in total. The van der Waals surface area contributed by atoms with Crippen LogP contribution in [0.15, 0.2) is 224 Å². The van der Waals surface area contributed by atoms with Crippen LogP contribution < -0.4 is 4.90 Å². The molecule has 0 saturated heterocycles. The van der Waals surface area contributed by atoms with E-state index in [-0.39, 0.29) is 0 Å². The Hall–Kier alpha value is -7.22. The first-order valence-corrected chi connectivity index (χ1v) is 18.9. The topological polar surface area (TPSA) is 3.24 Å². The maximum absolute atomic E-state index is 2.42. The van der Waals surface area contributed by atoms with Crippen LogP contribution in [-0.2, 0) is 0 Å². The Morgan fingerprint density at radius 3 is 1.40 bits per heavy atom. The molecule has 0 heterocycles. The Bertz CT molecular complexity index is 2940. The van der Waals surface area contributed by atoms with Crippen molar-refractivity contribution in [1.82, 2.24) is 0 Å². The zero-order valence-corrected chi connectivity index (χ0v) is 30.3. The number of anilines is 3. The Kier molecular flexibility index (Phi) is 8.24. The van der Waals surface area contributed by atoms with Gasteiger partial charge in [0.2, 0.25) is 0 Å². The van der Waals surface area contributed by atoms with Gasteiger partial charge in [-0.1, -0.05) is 182 Å². The number of rotatable bonds is 7. The third-order valence-corrected chi connectivity index (χ3v) is 10.8. The van der Waals surface area contributed by atoms with Crippen molar-refractivity contribution in [2.45, 2.75) is 0 Å². The SMILES string of the molecule is c1ccc(-c2ccc(N(c3ccc(-c4cccc5cccc(-c6ccccc6)c45)cc3)c3cc(-c4ccc5ccccc5c4)cc4ccccc34)cc2)cc1. The van der Waals surface area contributed by atoms with Crippen LogP contribution in [0.3, 0.4) is 0 Å². The molecule has 0 aliphatic rings. The third kappa shape index (κ3) is 6.12. The monoisotopic (exact) mass is 699 g/mol. The predicted octanol–water partition coefficient (Wildman–Crippen LogP) is 15.3. The zero-order valence-electron chi connectivity index (χ0n) is 30.3. The van der Waals surface area contributed by atoms with Crippen LogP contribution in [0.25, 0.3) is 76.8 Å². The molecule has 0 aromatic heterocycles.